The minimum Gasteiger partial charge on any atom is -0.496 e. The van der Waals surface area contributed by atoms with E-state index in [-0.39, 0.29) is 18.3 Å². The third kappa shape index (κ3) is 4.38. The summed E-state index contributed by atoms with van der Waals surface area (Å²) in [6.45, 7) is 3.18. The molecule has 6 heteroatoms. The van der Waals surface area contributed by atoms with Crippen LogP contribution in [0.3, 0.4) is 0 Å². The number of hydrogen-bond donors (Lipinski definition) is 2. The van der Waals surface area contributed by atoms with Gasteiger partial charge in [-0.15, -0.1) is 23.7 Å². The number of carbonyl (C=O) groups excluding carboxylic acids is 1. The van der Waals surface area contributed by atoms with Gasteiger partial charge in [0.25, 0.3) is 5.91 Å². The number of nitrogens with two attached hydrogens (primary N) is 1. The van der Waals surface area contributed by atoms with E-state index in [1.54, 1.807) is 18.6 Å². The van der Waals surface area contributed by atoms with Crippen molar-refractivity contribution in [3.8, 4) is 5.75 Å². The average molecular weight is 265 g/mol. The molecule has 92 valence electrons. The van der Waals surface area contributed by atoms with Crippen LogP contribution in [0.4, 0.5) is 0 Å². The van der Waals surface area contributed by atoms with Crippen LogP contribution in [-0.4, -0.2) is 26.1 Å². The zero-order valence-corrected chi connectivity index (χ0v) is 11.0. The van der Waals surface area contributed by atoms with Gasteiger partial charge < -0.3 is 15.8 Å². The first-order valence-electron chi connectivity index (χ1n) is 4.78. The summed E-state index contributed by atoms with van der Waals surface area (Å²) in [4.78, 5) is 12.3. The maximum atomic E-state index is 11.6. The van der Waals surface area contributed by atoms with E-state index in [0.717, 1.165) is 5.75 Å². The second-order valence-corrected chi connectivity index (χ2v) is 4.31. The van der Waals surface area contributed by atoms with Crippen molar-refractivity contribution < 1.29 is 9.53 Å². The molecular formula is C10H17ClN2O2S. The second-order valence-electron chi connectivity index (χ2n) is 3.40. The van der Waals surface area contributed by atoms with Crippen LogP contribution in [0, 0.1) is 5.92 Å². The number of methoxy groups -OCH3 is 1. The van der Waals surface area contributed by atoms with Crippen molar-refractivity contribution in [3.63, 3.8) is 0 Å². The van der Waals surface area contributed by atoms with Crippen molar-refractivity contribution in [1.29, 1.82) is 0 Å². The molecule has 0 fully saturated rings. The van der Waals surface area contributed by atoms with Crippen LogP contribution in [0.5, 0.6) is 5.75 Å². The van der Waals surface area contributed by atoms with Gasteiger partial charge in [0, 0.05) is 18.0 Å². The first-order chi connectivity index (χ1) is 7.17. The van der Waals surface area contributed by atoms with Gasteiger partial charge >= 0.3 is 0 Å². The van der Waals surface area contributed by atoms with Gasteiger partial charge in [-0.3, -0.25) is 4.79 Å². The third-order valence-corrected chi connectivity index (χ3v) is 2.96. The molecule has 3 N–H and O–H groups in total. The van der Waals surface area contributed by atoms with E-state index in [4.69, 9.17) is 10.5 Å². The third-order valence-electron chi connectivity index (χ3n) is 2.05. The SMILES string of the molecule is COc1csc(C(=O)NCC(C)CN)c1.Cl. The predicted molar refractivity (Wildman–Crippen MR) is 68.7 cm³/mol. The normalized spacial score (nSPS) is 11.4. The number of hydrogen-bond acceptors (Lipinski definition) is 4. The van der Waals surface area contributed by atoms with Crippen molar-refractivity contribution >= 4 is 29.7 Å². The highest BCUT2D eigenvalue weighted by molar-refractivity contribution is 7.12. The molecule has 0 aromatic carbocycles. The Balaban J connectivity index is 0.00000225. The van der Waals surface area contributed by atoms with E-state index >= 15 is 0 Å². The molecule has 0 aliphatic rings. The van der Waals surface area contributed by atoms with Gasteiger partial charge in [-0.25, -0.2) is 0 Å². The molecule has 0 radical (unpaired) electrons. The van der Waals surface area contributed by atoms with E-state index in [9.17, 15) is 4.79 Å². The summed E-state index contributed by atoms with van der Waals surface area (Å²) in [6, 6.07) is 1.73. The van der Waals surface area contributed by atoms with E-state index < -0.39 is 0 Å². The molecule has 4 nitrogen and oxygen atoms in total. The summed E-state index contributed by atoms with van der Waals surface area (Å²) in [7, 11) is 1.58. The van der Waals surface area contributed by atoms with Crippen molar-refractivity contribution in [2.45, 2.75) is 6.92 Å². The first-order valence-corrected chi connectivity index (χ1v) is 5.66. The Bertz CT molecular complexity index is 330. The van der Waals surface area contributed by atoms with Crippen molar-refractivity contribution in [3.05, 3.63) is 16.3 Å². The Labute approximate surface area is 106 Å². The minimum absolute atomic E-state index is 0. The van der Waals surface area contributed by atoms with Crippen LogP contribution in [0.1, 0.15) is 16.6 Å². The highest BCUT2D eigenvalue weighted by Gasteiger charge is 2.09. The fraction of sp³-hybridized carbons (Fsp3) is 0.500. The molecule has 0 bridgehead atoms. The highest BCUT2D eigenvalue weighted by atomic mass is 35.5. The Morgan fingerprint density at radius 1 is 1.69 bits per heavy atom. The number of thiophene rings is 1. The zero-order valence-electron chi connectivity index (χ0n) is 9.36. The maximum absolute atomic E-state index is 11.6. The van der Waals surface area contributed by atoms with Crippen LogP contribution >= 0.6 is 23.7 Å². The van der Waals surface area contributed by atoms with Crippen molar-refractivity contribution in [2.24, 2.45) is 11.7 Å². The number of nitrogens with one attached hydrogen (secondary N) is 1. The van der Waals surface area contributed by atoms with Gasteiger partial charge in [0.1, 0.15) is 5.75 Å². The van der Waals surface area contributed by atoms with Gasteiger partial charge in [0.2, 0.25) is 0 Å². The summed E-state index contributed by atoms with van der Waals surface area (Å²) in [6.07, 6.45) is 0. The van der Waals surface area contributed by atoms with Gasteiger partial charge in [-0.2, -0.15) is 0 Å². The summed E-state index contributed by atoms with van der Waals surface area (Å²) >= 11 is 1.37. The summed E-state index contributed by atoms with van der Waals surface area (Å²) in [5, 5.41) is 4.63. The zero-order chi connectivity index (χ0) is 11.3. The van der Waals surface area contributed by atoms with Crippen LogP contribution in [0.2, 0.25) is 0 Å². The predicted octanol–water partition coefficient (Wildman–Crippen LogP) is 1.50. The topological polar surface area (TPSA) is 64.3 Å². The second kappa shape index (κ2) is 7.49. The molecule has 1 atom stereocenters. The molecule has 1 aromatic heterocycles. The molecule has 0 saturated carbocycles. The molecule has 1 amide bonds. The summed E-state index contributed by atoms with van der Waals surface area (Å²) < 4.78 is 5.00. The Morgan fingerprint density at radius 3 is 2.88 bits per heavy atom. The summed E-state index contributed by atoms with van der Waals surface area (Å²) in [5.41, 5.74) is 5.45. The molecule has 1 heterocycles. The first kappa shape index (κ1) is 15.2. The van der Waals surface area contributed by atoms with Gasteiger partial charge in [-0.1, -0.05) is 6.92 Å². The molecule has 0 spiro atoms. The lowest BCUT2D eigenvalue weighted by atomic mass is 10.2. The summed E-state index contributed by atoms with van der Waals surface area (Å²) in [5.74, 6) is 0.955. The fourth-order valence-electron chi connectivity index (χ4n) is 0.982. The lowest BCUT2D eigenvalue weighted by Gasteiger charge is -2.08. The number of ether oxygens (including phenoxy) is 1. The van der Waals surface area contributed by atoms with E-state index in [2.05, 4.69) is 5.32 Å². The molecule has 1 unspecified atom stereocenters. The monoisotopic (exact) mass is 264 g/mol. The van der Waals surface area contributed by atoms with E-state index in [0.29, 0.717) is 23.9 Å². The van der Waals surface area contributed by atoms with E-state index in [1.165, 1.54) is 11.3 Å². The minimum atomic E-state index is -0.0661. The molecule has 0 aliphatic heterocycles. The standard InChI is InChI=1S/C10H16N2O2S.ClH/c1-7(4-11)5-12-10(13)9-3-8(14-2)6-15-9;/h3,6-7H,4-5,11H2,1-2H3,(H,12,13);1H. The van der Waals surface area contributed by atoms with Gasteiger partial charge in [-0.05, 0) is 12.5 Å². The van der Waals surface area contributed by atoms with Crippen molar-refractivity contribution in [1.82, 2.24) is 5.32 Å². The molecular weight excluding hydrogens is 248 g/mol. The Kier molecular flexibility index (Phi) is 7.12. The molecule has 0 aliphatic carbocycles. The quantitative estimate of drug-likeness (QED) is 0.847. The fourth-order valence-corrected chi connectivity index (χ4v) is 1.75. The number of carbonyl (C=O) groups is 1. The molecule has 1 aromatic rings. The smallest absolute Gasteiger partial charge is 0.261 e. The largest absolute Gasteiger partial charge is 0.496 e. The van der Waals surface area contributed by atoms with Gasteiger partial charge in [0.15, 0.2) is 0 Å². The van der Waals surface area contributed by atoms with Crippen LogP contribution in [0.25, 0.3) is 0 Å². The number of amides is 1. The Morgan fingerprint density at radius 2 is 2.38 bits per heavy atom. The average Bonchev–Trinajstić information content (AvgIpc) is 2.73. The van der Waals surface area contributed by atoms with Crippen LogP contribution in [-0.2, 0) is 0 Å². The van der Waals surface area contributed by atoms with Gasteiger partial charge in [0.05, 0.1) is 12.0 Å². The van der Waals surface area contributed by atoms with Crippen LogP contribution < -0.4 is 15.8 Å². The number of rotatable bonds is 5. The van der Waals surface area contributed by atoms with E-state index in [1.807, 2.05) is 6.92 Å². The molecule has 16 heavy (non-hydrogen) atoms. The lowest BCUT2D eigenvalue weighted by molar-refractivity contribution is 0.0952. The van der Waals surface area contributed by atoms with Crippen molar-refractivity contribution in [2.75, 3.05) is 20.2 Å². The Hall–Kier alpha value is -0.780. The molecule has 0 saturated heterocycles. The highest BCUT2D eigenvalue weighted by Crippen LogP contribution is 2.20. The number of halogens is 1. The lowest BCUT2D eigenvalue weighted by Crippen LogP contribution is -2.30. The van der Waals surface area contributed by atoms with Crippen LogP contribution in [0.15, 0.2) is 11.4 Å². The maximum Gasteiger partial charge on any atom is 0.261 e. The molecule has 1 rings (SSSR count).